The number of rotatable bonds is 3. The van der Waals surface area contributed by atoms with Crippen LogP contribution in [0.1, 0.15) is 65.7 Å². The Morgan fingerprint density at radius 3 is 2.45 bits per heavy atom. The van der Waals surface area contributed by atoms with Gasteiger partial charge >= 0.3 is 0 Å². The Bertz CT molecular complexity index is 369. The summed E-state index contributed by atoms with van der Waals surface area (Å²) in [6.07, 6.45) is 7.28. The molecule has 2 aliphatic rings. The molecule has 0 radical (unpaired) electrons. The van der Waals surface area contributed by atoms with Crippen LogP contribution in [-0.2, 0) is 9.59 Å². The van der Waals surface area contributed by atoms with Gasteiger partial charge in [-0.15, -0.1) is 0 Å². The van der Waals surface area contributed by atoms with Crippen LogP contribution in [0.4, 0.5) is 0 Å². The zero-order valence-corrected chi connectivity index (χ0v) is 13.0. The zero-order valence-electron chi connectivity index (χ0n) is 13.0. The molecule has 20 heavy (non-hydrogen) atoms. The topological polar surface area (TPSA) is 49.4 Å². The van der Waals surface area contributed by atoms with E-state index in [0.717, 1.165) is 6.42 Å². The van der Waals surface area contributed by atoms with Gasteiger partial charge in [-0.05, 0) is 31.6 Å². The van der Waals surface area contributed by atoms with E-state index in [1.807, 2.05) is 18.7 Å². The van der Waals surface area contributed by atoms with Crippen LogP contribution >= 0.6 is 0 Å². The fourth-order valence-electron chi connectivity index (χ4n) is 3.73. The van der Waals surface area contributed by atoms with Crippen molar-refractivity contribution < 1.29 is 9.59 Å². The molecule has 0 aromatic carbocycles. The van der Waals surface area contributed by atoms with Gasteiger partial charge < -0.3 is 10.2 Å². The van der Waals surface area contributed by atoms with Crippen molar-refractivity contribution in [1.82, 2.24) is 10.2 Å². The van der Waals surface area contributed by atoms with Gasteiger partial charge in [0.15, 0.2) is 0 Å². The lowest BCUT2D eigenvalue weighted by Crippen LogP contribution is -2.66. The molecule has 0 spiro atoms. The molecule has 1 saturated heterocycles. The second-order valence-electron chi connectivity index (χ2n) is 6.32. The van der Waals surface area contributed by atoms with E-state index in [4.69, 9.17) is 0 Å². The summed E-state index contributed by atoms with van der Waals surface area (Å²) in [5, 5.41) is 2.89. The molecule has 0 bridgehead atoms. The fourth-order valence-corrected chi connectivity index (χ4v) is 3.73. The average molecular weight is 280 g/mol. The number of piperazine rings is 1. The summed E-state index contributed by atoms with van der Waals surface area (Å²) in [6.45, 7) is 6.20. The van der Waals surface area contributed by atoms with Gasteiger partial charge in [-0.2, -0.15) is 0 Å². The third kappa shape index (κ3) is 2.84. The summed E-state index contributed by atoms with van der Waals surface area (Å²) in [5.74, 6) is 0.673. The van der Waals surface area contributed by atoms with Gasteiger partial charge in [-0.25, -0.2) is 0 Å². The van der Waals surface area contributed by atoms with E-state index >= 15 is 0 Å². The summed E-state index contributed by atoms with van der Waals surface area (Å²) >= 11 is 0. The molecule has 1 N–H and O–H groups in total. The highest BCUT2D eigenvalue weighted by atomic mass is 16.2. The maximum Gasteiger partial charge on any atom is 0.246 e. The first-order valence-corrected chi connectivity index (χ1v) is 8.22. The Labute approximate surface area is 122 Å². The third-order valence-corrected chi connectivity index (χ3v) is 4.98. The average Bonchev–Trinajstić information content (AvgIpc) is 2.65. The molecule has 1 aliphatic heterocycles. The quantitative estimate of drug-likeness (QED) is 0.807. The Morgan fingerprint density at radius 1 is 1.10 bits per heavy atom. The smallest absolute Gasteiger partial charge is 0.246 e. The number of nitrogens with one attached hydrogen (secondary N) is 1. The van der Waals surface area contributed by atoms with Crippen molar-refractivity contribution in [1.29, 1.82) is 0 Å². The maximum atomic E-state index is 12.7. The van der Waals surface area contributed by atoms with Crippen LogP contribution in [0, 0.1) is 5.92 Å². The van der Waals surface area contributed by atoms with Crippen molar-refractivity contribution in [3.05, 3.63) is 0 Å². The minimum atomic E-state index is -0.319. The molecule has 1 saturated carbocycles. The van der Waals surface area contributed by atoms with Crippen LogP contribution in [0.15, 0.2) is 0 Å². The van der Waals surface area contributed by atoms with E-state index in [9.17, 15) is 9.59 Å². The molecule has 114 valence electrons. The van der Waals surface area contributed by atoms with E-state index < -0.39 is 0 Å². The van der Waals surface area contributed by atoms with Crippen LogP contribution in [-0.4, -0.2) is 34.8 Å². The predicted octanol–water partition coefficient (Wildman–Crippen LogP) is 2.47. The van der Waals surface area contributed by atoms with Crippen LogP contribution in [0.5, 0.6) is 0 Å². The summed E-state index contributed by atoms with van der Waals surface area (Å²) in [4.78, 5) is 27.0. The minimum absolute atomic E-state index is 0.0374. The fraction of sp³-hybridized carbons (Fsp3) is 0.875. The van der Waals surface area contributed by atoms with Crippen molar-refractivity contribution in [3.8, 4) is 0 Å². The Hall–Kier alpha value is -1.06. The molecule has 0 aromatic heterocycles. The van der Waals surface area contributed by atoms with Crippen molar-refractivity contribution in [2.75, 3.05) is 0 Å². The van der Waals surface area contributed by atoms with Gasteiger partial charge in [-0.1, -0.05) is 40.0 Å². The first-order chi connectivity index (χ1) is 9.60. The Kier molecular flexibility index (Phi) is 5.06. The van der Waals surface area contributed by atoms with Gasteiger partial charge in [0, 0.05) is 6.04 Å². The second-order valence-corrected chi connectivity index (χ2v) is 6.32. The summed E-state index contributed by atoms with van der Waals surface area (Å²) < 4.78 is 0. The van der Waals surface area contributed by atoms with Crippen molar-refractivity contribution in [3.63, 3.8) is 0 Å². The highest BCUT2D eigenvalue weighted by molar-refractivity contribution is 5.97. The number of amides is 2. The molecule has 4 unspecified atom stereocenters. The molecule has 1 aliphatic carbocycles. The largest absolute Gasteiger partial charge is 0.343 e. The van der Waals surface area contributed by atoms with Crippen LogP contribution in [0.2, 0.25) is 0 Å². The van der Waals surface area contributed by atoms with E-state index in [1.54, 1.807) is 0 Å². The molecule has 4 heteroatoms. The lowest BCUT2D eigenvalue weighted by Gasteiger charge is -2.44. The van der Waals surface area contributed by atoms with E-state index in [2.05, 4.69) is 12.2 Å². The first kappa shape index (κ1) is 15.3. The molecular formula is C16H28N2O2. The maximum absolute atomic E-state index is 12.7. The van der Waals surface area contributed by atoms with Crippen LogP contribution in [0.25, 0.3) is 0 Å². The van der Waals surface area contributed by atoms with E-state index in [0.29, 0.717) is 18.8 Å². The highest BCUT2D eigenvalue weighted by Crippen LogP contribution is 2.31. The molecule has 1 heterocycles. The van der Waals surface area contributed by atoms with Gasteiger partial charge in [0.05, 0.1) is 0 Å². The summed E-state index contributed by atoms with van der Waals surface area (Å²) in [6, 6.07) is -0.341. The summed E-state index contributed by atoms with van der Waals surface area (Å²) in [7, 11) is 0. The summed E-state index contributed by atoms with van der Waals surface area (Å²) in [5.41, 5.74) is 0. The predicted molar refractivity (Wildman–Crippen MR) is 79.2 cm³/mol. The number of nitrogens with zero attached hydrogens (tertiary/aromatic N) is 1. The van der Waals surface area contributed by atoms with Gasteiger partial charge in [0.25, 0.3) is 0 Å². The zero-order chi connectivity index (χ0) is 14.7. The van der Waals surface area contributed by atoms with Crippen molar-refractivity contribution in [2.45, 2.75) is 83.8 Å². The standard InChI is InChI=1S/C16H28N2O2/c1-4-12-16(20)18(13(5-2)15(19)17-12)14-10-8-6-7-9-11(14)3/h11-14H,4-10H2,1-3H3,(H,17,19). The highest BCUT2D eigenvalue weighted by Gasteiger charge is 2.43. The Balaban J connectivity index is 2.27. The third-order valence-electron chi connectivity index (χ3n) is 4.98. The van der Waals surface area contributed by atoms with Gasteiger partial charge in [-0.3, -0.25) is 9.59 Å². The molecule has 2 fully saturated rings. The number of hydrogen-bond donors (Lipinski definition) is 1. The first-order valence-electron chi connectivity index (χ1n) is 8.22. The monoisotopic (exact) mass is 280 g/mol. The van der Waals surface area contributed by atoms with Gasteiger partial charge in [0.2, 0.25) is 11.8 Å². The van der Waals surface area contributed by atoms with E-state index in [1.165, 1.54) is 25.7 Å². The SMILES string of the molecule is CCC1NC(=O)C(CC)N(C2CCCCCC2C)C1=O. The Morgan fingerprint density at radius 2 is 1.80 bits per heavy atom. The number of hydrogen-bond acceptors (Lipinski definition) is 2. The van der Waals surface area contributed by atoms with Gasteiger partial charge in [0.1, 0.15) is 12.1 Å². The number of carbonyl (C=O) groups is 2. The second kappa shape index (κ2) is 6.59. The molecule has 2 amide bonds. The van der Waals surface area contributed by atoms with Crippen molar-refractivity contribution >= 4 is 11.8 Å². The molecule has 0 aromatic rings. The van der Waals surface area contributed by atoms with E-state index in [-0.39, 0.29) is 29.9 Å². The van der Waals surface area contributed by atoms with Crippen LogP contribution < -0.4 is 5.32 Å². The van der Waals surface area contributed by atoms with Crippen LogP contribution in [0.3, 0.4) is 0 Å². The molecular weight excluding hydrogens is 252 g/mol. The lowest BCUT2D eigenvalue weighted by molar-refractivity contribution is -0.153. The van der Waals surface area contributed by atoms with Crippen molar-refractivity contribution in [2.24, 2.45) is 5.92 Å². The number of carbonyl (C=O) groups excluding carboxylic acids is 2. The molecule has 4 atom stereocenters. The minimum Gasteiger partial charge on any atom is -0.343 e. The normalized spacial score (nSPS) is 35.6. The molecule has 4 nitrogen and oxygen atoms in total. The lowest BCUT2D eigenvalue weighted by atomic mass is 9.91. The molecule has 2 rings (SSSR count).